The van der Waals surface area contributed by atoms with Crippen molar-refractivity contribution in [2.75, 3.05) is 7.05 Å². The molecule has 0 amide bonds. The average Bonchev–Trinajstić information content (AvgIpc) is 3.01. The number of nitrogens with zero attached hydrogens (tertiary/aromatic N) is 1. The summed E-state index contributed by atoms with van der Waals surface area (Å²) < 4.78 is 19.3. The van der Waals surface area contributed by atoms with Crippen molar-refractivity contribution in [2.24, 2.45) is 0 Å². The molecule has 1 unspecified atom stereocenters. The predicted molar refractivity (Wildman–Crippen MR) is 83.3 cm³/mol. The Hall–Kier alpha value is -1.72. The smallest absolute Gasteiger partial charge is 0.134 e. The first-order chi connectivity index (χ1) is 10.1. The molecule has 0 bridgehead atoms. The minimum absolute atomic E-state index is 0.0296. The molecule has 3 nitrogen and oxygen atoms in total. The van der Waals surface area contributed by atoms with Crippen LogP contribution in [0.2, 0.25) is 0 Å². The maximum Gasteiger partial charge on any atom is 0.134 e. The Morgan fingerprint density at radius 3 is 2.86 bits per heavy atom. The van der Waals surface area contributed by atoms with Crippen molar-refractivity contribution in [1.29, 1.82) is 0 Å². The van der Waals surface area contributed by atoms with E-state index in [1.54, 1.807) is 17.4 Å². The number of benzene rings is 1. The van der Waals surface area contributed by atoms with Crippen LogP contribution in [0.5, 0.6) is 0 Å². The van der Waals surface area contributed by atoms with Crippen LogP contribution in [-0.4, -0.2) is 12.0 Å². The lowest BCUT2D eigenvalue weighted by Gasteiger charge is -2.13. The Morgan fingerprint density at radius 2 is 2.19 bits per heavy atom. The number of rotatable bonds is 4. The first kappa shape index (κ1) is 14.2. The molecule has 0 saturated carbocycles. The number of thiazole rings is 1. The van der Waals surface area contributed by atoms with Crippen LogP contribution in [0.15, 0.2) is 28.0 Å². The zero-order chi connectivity index (χ0) is 15.0. The van der Waals surface area contributed by atoms with Gasteiger partial charge in [0.1, 0.15) is 17.2 Å². The molecule has 0 spiro atoms. The van der Waals surface area contributed by atoms with E-state index in [0.717, 1.165) is 39.4 Å². The van der Waals surface area contributed by atoms with E-state index in [9.17, 15) is 4.39 Å². The third-order valence-corrected chi connectivity index (χ3v) is 4.50. The first-order valence-electron chi connectivity index (χ1n) is 6.85. The van der Waals surface area contributed by atoms with E-state index < -0.39 is 0 Å². The van der Waals surface area contributed by atoms with Crippen molar-refractivity contribution < 1.29 is 8.81 Å². The number of aryl methyl sites for hydroxylation is 2. The number of aromatic nitrogens is 1. The minimum Gasteiger partial charge on any atom is -0.459 e. The highest BCUT2D eigenvalue weighted by Gasteiger charge is 2.20. The van der Waals surface area contributed by atoms with Gasteiger partial charge in [-0.1, -0.05) is 0 Å². The number of hydrogen-bond acceptors (Lipinski definition) is 4. The van der Waals surface area contributed by atoms with Crippen molar-refractivity contribution in [3.8, 4) is 0 Å². The van der Waals surface area contributed by atoms with Gasteiger partial charge in [0.15, 0.2) is 0 Å². The first-order valence-corrected chi connectivity index (χ1v) is 7.73. The highest BCUT2D eigenvalue weighted by atomic mass is 32.1. The van der Waals surface area contributed by atoms with Gasteiger partial charge in [-0.15, -0.1) is 11.3 Å². The molecule has 1 N–H and O–H groups in total. The van der Waals surface area contributed by atoms with E-state index in [1.165, 1.54) is 12.1 Å². The van der Waals surface area contributed by atoms with Gasteiger partial charge in [-0.05, 0) is 39.1 Å². The predicted octanol–water partition coefficient (Wildman–Crippen LogP) is 4.15. The second-order valence-corrected chi connectivity index (χ2v) is 6.20. The molecule has 2 heterocycles. The molecule has 0 aliphatic rings. The van der Waals surface area contributed by atoms with E-state index in [1.807, 2.05) is 20.9 Å². The molecule has 2 aromatic heterocycles. The largest absolute Gasteiger partial charge is 0.459 e. The summed E-state index contributed by atoms with van der Waals surface area (Å²) >= 11 is 1.64. The van der Waals surface area contributed by atoms with Gasteiger partial charge in [-0.25, -0.2) is 9.37 Å². The van der Waals surface area contributed by atoms with E-state index >= 15 is 0 Å². The lowest BCUT2D eigenvalue weighted by atomic mass is 10.0. The average molecular weight is 304 g/mol. The fraction of sp³-hybridized carbons (Fsp3) is 0.312. The van der Waals surface area contributed by atoms with Gasteiger partial charge in [0.25, 0.3) is 0 Å². The monoisotopic (exact) mass is 304 g/mol. The van der Waals surface area contributed by atoms with Crippen molar-refractivity contribution in [3.63, 3.8) is 0 Å². The van der Waals surface area contributed by atoms with E-state index in [2.05, 4.69) is 15.7 Å². The van der Waals surface area contributed by atoms with Gasteiger partial charge in [-0.3, -0.25) is 0 Å². The van der Waals surface area contributed by atoms with E-state index in [0.29, 0.717) is 0 Å². The number of fused-ring (bicyclic) bond motifs is 1. The SMILES string of the molecule is CNC(Cc1csc(C)n1)c1oc2ccc(F)cc2c1C. The van der Waals surface area contributed by atoms with Crippen LogP contribution in [0.4, 0.5) is 4.39 Å². The molecule has 5 heteroatoms. The van der Waals surface area contributed by atoms with Crippen molar-refractivity contribution in [2.45, 2.75) is 26.3 Å². The van der Waals surface area contributed by atoms with Crippen LogP contribution in [0.25, 0.3) is 11.0 Å². The van der Waals surface area contributed by atoms with Crippen molar-refractivity contribution in [1.82, 2.24) is 10.3 Å². The Morgan fingerprint density at radius 1 is 1.38 bits per heavy atom. The molecule has 0 radical (unpaired) electrons. The van der Waals surface area contributed by atoms with Crippen LogP contribution >= 0.6 is 11.3 Å². The minimum atomic E-state index is -0.242. The number of halogens is 1. The molecule has 110 valence electrons. The fourth-order valence-electron chi connectivity index (χ4n) is 2.58. The lowest BCUT2D eigenvalue weighted by Crippen LogP contribution is -2.19. The second-order valence-electron chi connectivity index (χ2n) is 5.14. The number of likely N-dealkylation sites (N-methyl/N-ethyl adjacent to an activating group) is 1. The summed E-state index contributed by atoms with van der Waals surface area (Å²) in [6.07, 6.45) is 0.754. The van der Waals surface area contributed by atoms with Crippen LogP contribution in [0.1, 0.15) is 28.1 Å². The molecular weight excluding hydrogens is 287 g/mol. The Labute approximate surface area is 126 Å². The molecule has 3 rings (SSSR count). The third kappa shape index (κ3) is 2.71. The number of nitrogens with one attached hydrogen (secondary N) is 1. The molecular formula is C16H17FN2OS. The summed E-state index contributed by atoms with van der Waals surface area (Å²) in [5.41, 5.74) is 2.75. The molecule has 0 aliphatic heterocycles. The molecule has 0 aliphatic carbocycles. The fourth-order valence-corrected chi connectivity index (χ4v) is 3.21. The summed E-state index contributed by atoms with van der Waals surface area (Å²) in [4.78, 5) is 4.50. The normalized spacial score (nSPS) is 13.0. The maximum atomic E-state index is 13.4. The van der Waals surface area contributed by atoms with Gasteiger partial charge in [0.2, 0.25) is 0 Å². The van der Waals surface area contributed by atoms with Crippen molar-refractivity contribution in [3.05, 3.63) is 51.4 Å². The summed E-state index contributed by atoms with van der Waals surface area (Å²) in [6, 6.07) is 4.66. The Bertz CT molecular complexity index is 778. The topological polar surface area (TPSA) is 38.1 Å². The summed E-state index contributed by atoms with van der Waals surface area (Å²) in [7, 11) is 1.90. The van der Waals surface area contributed by atoms with Gasteiger partial charge >= 0.3 is 0 Å². The second kappa shape index (κ2) is 5.58. The summed E-state index contributed by atoms with van der Waals surface area (Å²) in [6.45, 7) is 3.97. The zero-order valence-corrected chi connectivity index (χ0v) is 13.1. The maximum absolute atomic E-state index is 13.4. The highest BCUT2D eigenvalue weighted by Crippen LogP contribution is 2.31. The molecule has 21 heavy (non-hydrogen) atoms. The quantitative estimate of drug-likeness (QED) is 0.787. The summed E-state index contributed by atoms with van der Waals surface area (Å²) in [5, 5.41) is 7.23. The van der Waals surface area contributed by atoms with Gasteiger partial charge in [0, 0.05) is 22.8 Å². The van der Waals surface area contributed by atoms with Crippen molar-refractivity contribution >= 4 is 22.3 Å². The van der Waals surface area contributed by atoms with Crippen LogP contribution in [-0.2, 0) is 6.42 Å². The van der Waals surface area contributed by atoms with E-state index in [4.69, 9.17) is 4.42 Å². The van der Waals surface area contributed by atoms with Crippen LogP contribution < -0.4 is 5.32 Å². The standard InChI is InChI=1S/C16H17FN2OS/c1-9-13-6-11(17)4-5-15(13)20-16(9)14(18-3)7-12-8-21-10(2)19-12/h4-6,8,14,18H,7H2,1-3H3. The summed E-state index contributed by atoms with van der Waals surface area (Å²) in [5.74, 6) is 0.609. The molecule has 0 fully saturated rings. The third-order valence-electron chi connectivity index (χ3n) is 3.68. The van der Waals surface area contributed by atoms with Crippen LogP contribution in [0, 0.1) is 19.7 Å². The highest BCUT2D eigenvalue weighted by molar-refractivity contribution is 7.09. The number of hydrogen-bond donors (Lipinski definition) is 1. The van der Waals surface area contributed by atoms with E-state index in [-0.39, 0.29) is 11.9 Å². The lowest BCUT2D eigenvalue weighted by molar-refractivity contribution is 0.445. The van der Waals surface area contributed by atoms with Gasteiger partial charge in [-0.2, -0.15) is 0 Å². The zero-order valence-electron chi connectivity index (χ0n) is 12.2. The van der Waals surface area contributed by atoms with Gasteiger partial charge in [0.05, 0.1) is 16.7 Å². The molecule has 1 atom stereocenters. The molecule has 0 saturated heterocycles. The molecule has 3 aromatic rings. The Kier molecular flexibility index (Phi) is 3.78. The number of furan rings is 1. The Balaban J connectivity index is 1.98. The van der Waals surface area contributed by atoms with Gasteiger partial charge < -0.3 is 9.73 Å². The molecule has 1 aromatic carbocycles. The van der Waals surface area contributed by atoms with Crippen LogP contribution in [0.3, 0.4) is 0 Å².